The fraction of sp³-hybridized carbons (Fsp3) is 0.889. The molecule has 3 unspecified atom stereocenters. The van der Waals surface area contributed by atoms with Gasteiger partial charge in [-0.15, -0.1) is 0 Å². The van der Waals surface area contributed by atoms with Gasteiger partial charge in [0.05, 0.1) is 18.8 Å². The second-order valence-corrected chi connectivity index (χ2v) is 12.6. The number of esters is 2. The van der Waals surface area contributed by atoms with E-state index >= 15 is 0 Å². The summed E-state index contributed by atoms with van der Waals surface area (Å²) in [6.07, 6.45) is 30.0. The van der Waals surface area contributed by atoms with Gasteiger partial charge in [-0.2, -0.15) is 0 Å². The highest BCUT2D eigenvalue weighted by Crippen LogP contribution is 2.30. The fourth-order valence-corrected chi connectivity index (χ4v) is 5.30. The Hall–Kier alpha value is -1.40. The summed E-state index contributed by atoms with van der Waals surface area (Å²) in [4.78, 5) is 24.2. The number of unbranched alkanes of at least 4 members (excludes halogenated alkanes) is 14. The Balaban J connectivity index is 1.90. The molecule has 0 aromatic carbocycles. The van der Waals surface area contributed by atoms with E-state index in [9.17, 15) is 14.7 Å². The summed E-state index contributed by atoms with van der Waals surface area (Å²) in [6, 6.07) is 0. The Labute approximate surface area is 258 Å². The predicted octanol–water partition coefficient (Wildman–Crippen LogP) is 9.41. The largest absolute Gasteiger partial charge is 0.462 e. The van der Waals surface area contributed by atoms with Crippen LogP contribution in [0.5, 0.6) is 0 Å². The molecule has 1 saturated heterocycles. The van der Waals surface area contributed by atoms with Crippen LogP contribution in [-0.4, -0.2) is 48.6 Å². The second-order valence-electron chi connectivity index (χ2n) is 12.6. The summed E-state index contributed by atoms with van der Waals surface area (Å²) in [5.74, 6) is 0.243. The Bertz CT molecular complexity index is 678. The highest BCUT2D eigenvalue weighted by Gasteiger charge is 2.36. The van der Waals surface area contributed by atoms with Crippen LogP contribution in [0.2, 0.25) is 0 Å². The average Bonchev–Trinajstić information content (AvgIpc) is 3.74. The Morgan fingerprint density at radius 1 is 0.762 bits per heavy atom. The van der Waals surface area contributed by atoms with Crippen LogP contribution in [0.15, 0.2) is 12.2 Å². The van der Waals surface area contributed by atoms with Gasteiger partial charge in [0.25, 0.3) is 0 Å². The number of hydrogen-bond acceptors (Lipinski definition) is 6. The van der Waals surface area contributed by atoms with Crippen molar-refractivity contribution in [3.8, 4) is 0 Å². The van der Waals surface area contributed by atoms with Crippen molar-refractivity contribution < 1.29 is 28.9 Å². The van der Waals surface area contributed by atoms with Crippen molar-refractivity contribution in [1.29, 1.82) is 0 Å². The van der Waals surface area contributed by atoms with Gasteiger partial charge in [0.1, 0.15) is 6.61 Å². The molecule has 0 aliphatic carbocycles. The lowest BCUT2D eigenvalue weighted by molar-refractivity contribution is -0.161. The van der Waals surface area contributed by atoms with E-state index in [1.165, 1.54) is 83.5 Å². The minimum absolute atomic E-state index is 0.0736. The summed E-state index contributed by atoms with van der Waals surface area (Å²) in [5, 5.41) is 9.51. The molecule has 0 aromatic rings. The Morgan fingerprint density at radius 3 is 2.02 bits per heavy atom. The molecule has 1 heterocycles. The molecule has 246 valence electrons. The smallest absolute Gasteiger partial charge is 0.306 e. The molecular weight excluding hydrogens is 528 g/mol. The van der Waals surface area contributed by atoms with Crippen LogP contribution >= 0.6 is 0 Å². The first-order chi connectivity index (χ1) is 20.5. The third-order valence-electron chi connectivity index (χ3n) is 8.52. The predicted molar refractivity (Wildman–Crippen MR) is 172 cm³/mol. The van der Waals surface area contributed by atoms with Gasteiger partial charge in [-0.1, -0.05) is 129 Å². The summed E-state index contributed by atoms with van der Waals surface area (Å²) in [5.41, 5.74) is 0. The fourth-order valence-electron chi connectivity index (χ4n) is 5.30. The number of hydrogen-bond donors (Lipinski definition) is 1. The van der Waals surface area contributed by atoms with E-state index in [-0.39, 0.29) is 25.2 Å². The van der Waals surface area contributed by atoms with Gasteiger partial charge in [-0.3, -0.25) is 9.59 Å². The van der Waals surface area contributed by atoms with Crippen LogP contribution < -0.4 is 0 Å². The van der Waals surface area contributed by atoms with Gasteiger partial charge >= 0.3 is 11.9 Å². The normalized spacial score (nSPS) is 17.8. The maximum atomic E-state index is 12.1. The van der Waals surface area contributed by atoms with Crippen molar-refractivity contribution in [2.24, 2.45) is 5.92 Å². The van der Waals surface area contributed by atoms with Gasteiger partial charge < -0.3 is 19.3 Å². The zero-order valence-corrected chi connectivity index (χ0v) is 27.6. The lowest BCUT2D eigenvalue weighted by Crippen LogP contribution is -2.28. The monoisotopic (exact) mass is 594 g/mol. The number of aliphatic hydroxyl groups excluding tert-OH is 1. The number of aliphatic hydroxyl groups is 1. The molecule has 1 aliphatic rings. The molecule has 0 aromatic heterocycles. The van der Waals surface area contributed by atoms with E-state index in [0.717, 1.165) is 57.3 Å². The summed E-state index contributed by atoms with van der Waals surface area (Å²) in [6.45, 7) is 6.42. The van der Waals surface area contributed by atoms with Crippen LogP contribution in [0.3, 0.4) is 0 Å². The minimum Gasteiger partial charge on any atom is -0.462 e. The minimum atomic E-state index is -0.775. The highest BCUT2D eigenvalue weighted by atomic mass is 16.6. The van der Waals surface area contributed by atoms with Crippen LogP contribution in [0.1, 0.15) is 168 Å². The number of allylic oxidation sites excluding steroid dienone is 1. The SMILES string of the molecule is CCCCCC1OC1C/C=C\CCCCCCCC(=O)OC[C@H](CO)OC(=O)CCCCCCCCCCC(C)CC. The number of epoxide rings is 1. The van der Waals surface area contributed by atoms with Gasteiger partial charge in [0.15, 0.2) is 6.10 Å². The molecule has 1 rings (SSSR count). The number of rotatable bonds is 30. The number of ether oxygens (including phenoxy) is 3. The van der Waals surface area contributed by atoms with E-state index in [4.69, 9.17) is 14.2 Å². The second kappa shape index (κ2) is 27.2. The Kier molecular flexibility index (Phi) is 25.0. The van der Waals surface area contributed by atoms with Crippen molar-refractivity contribution >= 4 is 11.9 Å². The number of carbonyl (C=O) groups is 2. The standard InChI is InChI=1S/C36H66O6/c1-4-6-19-25-33-34(42-33)26-21-16-12-8-10-13-17-22-27-35(38)40-30-32(29-37)41-36(39)28-23-18-14-9-7-11-15-20-24-31(3)5-2/h16,21,31-34,37H,4-15,17-20,22-30H2,1-3H3/b21-16-/t31?,32-,33?,34?/m0/s1. The van der Waals surface area contributed by atoms with Gasteiger partial charge in [0, 0.05) is 12.8 Å². The molecule has 0 spiro atoms. The van der Waals surface area contributed by atoms with Crippen molar-refractivity contribution in [1.82, 2.24) is 0 Å². The molecule has 1 N–H and O–H groups in total. The molecule has 6 heteroatoms. The summed E-state index contributed by atoms with van der Waals surface area (Å²) in [7, 11) is 0. The van der Waals surface area contributed by atoms with E-state index < -0.39 is 6.10 Å². The van der Waals surface area contributed by atoms with E-state index in [0.29, 0.717) is 25.0 Å². The molecule has 42 heavy (non-hydrogen) atoms. The van der Waals surface area contributed by atoms with E-state index in [1.54, 1.807) is 0 Å². The molecule has 4 atom stereocenters. The van der Waals surface area contributed by atoms with Crippen molar-refractivity contribution in [3.63, 3.8) is 0 Å². The third-order valence-corrected chi connectivity index (χ3v) is 8.52. The molecule has 1 aliphatic heterocycles. The first kappa shape index (κ1) is 38.6. The quantitative estimate of drug-likeness (QED) is 0.0386. The van der Waals surface area contributed by atoms with Crippen molar-refractivity contribution in [2.45, 2.75) is 187 Å². The first-order valence-electron chi connectivity index (χ1n) is 17.8. The van der Waals surface area contributed by atoms with Crippen LogP contribution in [0.25, 0.3) is 0 Å². The van der Waals surface area contributed by atoms with Gasteiger partial charge in [0.2, 0.25) is 0 Å². The van der Waals surface area contributed by atoms with Crippen molar-refractivity contribution in [3.05, 3.63) is 12.2 Å². The van der Waals surface area contributed by atoms with Crippen LogP contribution in [0.4, 0.5) is 0 Å². The highest BCUT2D eigenvalue weighted by molar-refractivity contribution is 5.70. The first-order valence-corrected chi connectivity index (χ1v) is 17.8. The lowest BCUT2D eigenvalue weighted by Gasteiger charge is -2.15. The molecule has 0 radical (unpaired) electrons. The lowest BCUT2D eigenvalue weighted by atomic mass is 9.99. The molecule has 0 saturated carbocycles. The molecule has 0 bridgehead atoms. The maximum absolute atomic E-state index is 12.1. The topological polar surface area (TPSA) is 85.4 Å². The van der Waals surface area contributed by atoms with Gasteiger partial charge in [-0.25, -0.2) is 0 Å². The van der Waals surface area contributed by atoms with Crippen LogP contribution in [-0.2, 0) is 23.8 Å². The number of carbonyl (C=O) groups excluding carboxylic acids is 2. The molecule has 6 nitrogen and oxygen atoms in total. The summed E-state index contributed by atoms with van der Waals surface area (Å²) >= 11 is 0. The van der Waals surface area contributed by atoms with Crippen LogP contribution in [0, 0.1) is 5.92 Å². The van der Waals surface area contributed by atoms with E-state index in [2.05, 4.69) is 32.9 Å². The van der Waals surface area contributed by atoms with Gasteiger partial charge in [-0.05, 0) is 44.4 Å². The third kappa shape index (κ3) is 23.1. The van der Waals surface area contributed by atoms with E-state index in [1.807, 2.05) is 0 Å². The maximum Gasteiger partial charge on any atom is 0.306 e. The zero-order chi connectivity index (χ0) is 30.7. The molecule has 1 fully saturated rings. The zero-order valence-electron chi connectivity index (χ0n) is 27.6. The summed E-state index contributed by atoms with van der Waals surface area (Å²) < 4.78 is 16.3. The Morgan fingerprint density at radius 2 is 1.38 bits per heavy atom. The average molecular weight is 595 g/mol. The van der Waals surface area contributed by atoms with Crippen molar-refractivity contribution in [2.75, 3.05) is 13.2 Å². The molecule has 0 amide bonds. The molecular formula is C36H66O6.